The Kier molecular flexibility index (Phi) is 4.90. The van der Waals surface area contributed by atoms with Gasteiger partial charge in [-0.15, -0.1) is 0 Å². The quantitative estimate of drug-likeness (QED) is 0.700. The van der Waals surface area contributed by atoms with Crippen molar-refractivity contribution < 1.29 is 18.0 Å². The van der Waals surface area contributed by atoms with Gasteiger partial charge in [0.05, 0.1) is 21.3 Å². The first kappa shape index (κ1) is 16.9. The molecule has 0 aliphatic carbocycles. The highest BCUT2D eigenvalue weighted by Gasteiger charge is 2.30. The maximum absolute atomic E-state index is 12.5. The summed E-state index contributed by atoms with van der Waals surface area (Å²) >= 11 is 17.6. The summed E-state index contributed by atoms with van der Waals surface area (Å²) in [6.07, 6.45) is -4.46. The number of carbonyl (C=O) groups excluding carboxylic acids is 1. The number of nitrogens with one attached hydrogen (secondary N) is 1. The largest absolute Gasteiger partial charge is 0.416 e. The lowest BCUT2D eigenvalue weighted by Crippen LogP contribution is -2.13. The highest BCUT2D eigenvalue weighted by Crippen LogP contribution is 2.34. The molecular formula is C14H7Cl3F3NO. The van der Waals surface area contributed by atoms with Gasteiger partial charge in [0.15, 0.2) is 0 Å². The molecule has 1 N–H and O–H groups in total. The van der Waals surface area contributed by atoms with E-state index in [1.54, 1.807) is 0 Å². The van der Waals surface area contributed by atoms with Crippen LogP contribution in [0, 0.1) is 0 Å². The topological polar surface area (TPSA) is 29.1 Å². The van der Waals surface area contributed by atoms with E-state index in [-0.39, 0.29) is 21.3 Å². The molecule has 22 heavy (non-hydrogen) atoms. The Hall–Kier alpha value is -1.43. The molecule has 0 radical (unpaired) electrons. The molecule has 2 aromatic carbocycles. The van der Waals surface area contributed by atoms with E-state index in [4.69, 9.17) is 34.8 Å². The van der Waals surface area contributed by atoms with Gasteiger partial charge in [-0.3, -0.25) is 4.79 Å². The van der Waals surface area contributed by atoms with E-state index in [0.29, 0.717) is 5.02 Å². The fourth-order valence-electron chi connectivity index (χ4n) is 1.66. The van der Waals surface area contributed by atoms with E-state index in [0.717, 1.165) is 24.3 Å². The molecule has 116 valence electrons. The molecule has 0 bridgehead atoms. The van der Waals surface area contributed by atoms with Gasteiger partial charge in [0.25, 0.3) is 5.91 Å². The predicted octanol–water partition coefficient (Wildman–Crippen LogP) is 5.92. The van der Waals surface area contributed by atoms with E-state index >= 15 is 0 Å². The molecule has 0 aromatic heterocycles. The molecule has 2 rings (SSSR count). The molecule has 0 unspecified atom stereocenters. The van der Waals surface area contributed by atoms with Gasteiger partial charge >= 0.3 is 6.18 Å². The fraction of sp³-hybridized carbons (Fsp3) is 0.0714. The van der Waals surface area contributed by atoms with Crippen molar-refractivity contribution in [2.45, 2.75) is 6.18 Å². The molecule has 0 spiro atoms. The summed E-state index contributed by atoms with van der Waals surface area (Å²) in [7, 11) is 0. The minimum Gasteiger partial charge on any atom is -0.319 e. The molecular weight excluding hydrogens is 362 g/mol. The lowest BCUT2D eigenvalue weighted by Gasteiger charge is -2.11. The smallest absolute Gasteiger partial charge is 0.319 e. The Labute approximate surface area is 138 Å². The molecule has 0 aliphatic heterocycles. The van der Waals surface area contributed by atoms with Gasteiger partial charge in [-0.1, -0.05) is 34.8 Å². The van der Waals surface area contributed by atoms with Gasteiger partial charge in [-0.2, -0.15) is 13.2 Å². The Morgan fingerprint density at radius 3 is 1.91 bits per heavy atom. The summed E-state index contributed by atoms with van der Waals surface area (Å²) in [5.74, 6) is -0.639. The first-order chi connectivity index (χ1) is 10.2. The molecule has 1 amide bonds. The fourth-order valence-corrected chi connectivity index (χ4v) is 2.57. The number of hydrogen-bond donors (Lipinski definition) is 1. The molecule has 2 nitrogen and oxygen atoms in total. The van der Waals surface area contributed by atoms with E-state index in [2.05, 4.69) is 5.32 Å². The van der Waals surface area contributed by atoms with Crippen molar-refractivity contribution >= 4 is 46.4 Å². The van der Waals surface area contributed by atoms with Gasteiger partial charge in [-0.25, -0.2) is 0 Å². The van der Waals surface area contributed by atoms with Crippen LogP contribution in [0.25, 0.3) is 0 Å². The number of benzene rings is 2. The zero-order chi connectivity index (χ0) is 16.5. The lowest BCUT2D eigenvalue weighted by atomic mass is 10.1. The SMILES string of the molecule is O=C(Nc1c(Cl)cc(Cl)cc1Cl)c1ccc(C(F)(F)F)cc1. The average Bonchev–Trinajstić information content (AvgIpc) is 2.41. The van der Waals surface area contributed by atoms with Gasteiger partial charge < -0.3 is 5.32 Å². The Morgan fingerprint density at radius 1 is 0.955 bits per heavy atom. The number of amides is 1. The third-order valence-corrected chi connectivity index (χ3v) is 3.53. The van der Waals surface area contributed by atoms with Crippen LogP contribution in [0.5, 0.6) is 0 Å². The molecule has 0 saturated heterocycles. The van der Waals surface area contributed by atoms with E-state index < -0.39 is 17.6 Å². The average molecular weight is 369 g/mol. The van der Waals surface area contributed by atoms with E-state index in [1.165, 1.54) is 12.1 Å². The van der Waals surface area contributed by atoms with Crippen molar-refractivity contribution in [3.63, 3.8) is 0 Å². The van der Waals surface area contributed by atoms with Gasteiger partial charge in [0, 0.05) is 10.6 Å². The summed E-state index contributed by atoms with van der Waals surface area (Å²) in [6, 6.07) is 6.54. The summed E-state index contributed by atoms with van der Waals surface area (Å²) in [6.45, 7) is 0. The third kappa shape index (κ3) is 3.85. The second-order valence-electron chi connectivity index (χ2n) is 4.27. The summed E-state index contributed by atoms with van der Waals surface area (Å²) in [5.41, 5.74) is -0.667. The van der Waals surface area contributed by atoms with Crippen LogP contribution in [0.3, 0.4) is 0 Å². The van der Waals surface area contributed by atoms with Crippen molar-refractivity contribution in [3.05, 3.63) is 62.6 Å². The van der Waals surface area contributed by atoms with E-state index in [9.17, 15) is 18.0 Å². The summed E-state index contributed by atoms with van der Waals surface area (Å²) < 4.78 is 37.4. The highest BCUT2D eigenvalue weighted by molar-refractivity contribution is 6.42. The Balaban J connectivity index is 2.23. The normalized spacial score (nSPS) is 11.4. The summed E-state index contributed by atoms with van der Waals surface area (Å²) in [4.78, 5) is 12.0. The third-order valence-electron chi connectivity index (χ3n) is 2.72. The van der Waals surface area contributed by atoms with Crippen molar-refractivity contribution in [1.82, 2.24) is 0 Å². The second-order valence-corrected chi connectivity index (χ2v) is 5.52. The van der Waals surface area contributed by atoms with Crippen molar-refractivity contribution in [1.29, 1.82) is 0 Å². The maximum atomic E-state index is 12.5. The van der Waals surface area contributed by atoms with Crippen LogP contribution in [0.4, 0.5) is 18.9 Å². The van der Waals surface area contributed by atoms with Crippen LogP contribution in [-0.4, -0.2) is 5.91 Å². The standard InChI is InChI=1S/C14H7Cl3F3NO/c15-9-5-10(16)12(11(17)6-9)21-13(22)7-1-3-8(4-2-7)14(18,19)20/h1-6H,(H,21,22). The first-order valence-electron chi connectivity index (χ1n) is 5.81. The minimum atomic E-state index is -4.46. The molecule has 0 fully saturated rings. The van der Waals surface area contributed by atoms with Crippen LogP contribution in [-0.2, 0) is 6.18 Å². The van der Waals surface area contributed by atoms with E-state index in [1.807, 2.05) is 0 Å². The number of hydrogen-bond acceptors (Lipinski definition) is 1. The molecule has 0 heterocycles. The van der Waals surface area contributed by atoms with Crippen LogP contribution in [0.2, 0.25) is 15.1 Å². The monoisotopic (exact) mass is 367 g/mol. The number of alkyl halides is 3. The number of rotatable bonds is 2. The van der Waals surface area contributed by atoms with Gasteiger partial charge in [0.1, 0.15) is 0 Å². The molecule has 2 aromatic rings. The lowest BCUT2D eigenvalue weighted by molar-refractivity contribution is -0.137. The van der Waals surface area contributed by atoms with Gasteiger partial charge in [-0.05, 0) is 36.4 Å². The Morgan fingerprint density at radius 2 is 1.45 bits per heavy atom. The van der Waals surface area contributed by atoms with Crippen molar-refractivity contribution in [2.24, 2.45) is 0 Å². The zero-order valence-corrected chi connectivity index (χ0v) is 12.9. The first-order valence-corrected chi connectivity index (χ1v) is 6.95. The van der Waals surface area contributed by atoms with Gasteiger partial charge in [0.2, 0.25) is 0 Å². The predicted molar refractivity (Wildman–Crippen MR) is 80.9 cm³/mol. The molecule has 0 atom stereocenters. The minimum absolute atomic E-state index is 0.0371. The zero-order valence-electron chi connectivity index (χ0n) is 10.6. The van der Waals surface area contributed by atoms with Crippen LogP contribution in [0.15, 0.2) is 36.4 Å². The van der Waals surface area contributed by atoms with Crippen molar-refractivity contribution in [3.8, 4) is 0 Å². The maximum Gasteiger partial charge on any atom is 0.416 e. The van der Waals surface area contributed by atoms with Crippen molar-refractivity contribution in [2.75, 3.05) is 5.32 Å². The highest BCUT2D eigenvalue weighted by atomic mass is 35.5. The van der Waals surface area contributed by atoms with Crippen LogP contribution >= 0.6 is 34.8 Å². The molecule has 0 saturated carbocycles. The second kappa shape index (κ2) is 6.36. The number of carbonyl (C=O) groups is 1. The summed E-state index contributed by atoms with van der Waals surface area (Å²) in [5, 5.41) is 2.98. The molecule has 8 heteroatoms. The number of halogens is 6. The van der Waals surface area contributed by atoms with Crippen LogP contribution in [0.1, 0.15) is 15.9 Å². The van der Waals surface area contributed by atoms with Crippen LogP contribution < -0.4 is 5.32 Å². The number of anilines is 1. The molecule has 0 aliphatic rings. The Bertz CT molecular complexity index is 691.